The summed E-state index contributed by atoms with van der Waals surface area (Å²) in [4.78, 5) is 2.27. The molecule has 0 spiro atoms. The molecular weight excluding hydrogens is 256 g/mol. The molecule has 0 unspecified atom stereocenters. The fourth-order valence-corrected chi connectivity index (χ4v) is 2.87. The first kappa shape index (κ1) is 13.9. The first-order chi connectivity index (χ1) is 10.3. The number of aryl methyl sites for hydroxylation is 2. The van der Waals surface area contributed by atoms with Gasteiger partial charge in [-0.1, -0.05) is 59.7 Å². The molecule has 108 valence electrons. The van der Waals surface area contributed by atoms with Crippen LogP contribution in [-0.2, 0) is 0 Å². The normalized spacial score (nSPS) is 15.5. The highest BCUT2D eigenvalue weighted by Crippen LogP contribution is 2.23. The summed E-state index contributed by atoms with van der Waals surface area (Å²) >= 11 is 0. The molecule has 2 aromatic rings. The van der Waals surface area contributed by atoms with Crippen LogP contribution in [0, 0.1) is 13.8 Å². The maximum Gasteiger partial charge on any atom is 0.206 e. The maximum atomic E-state index is 3.60. The van der Waals surface area contributed by atoms with Gasteiger partial charge in [-0.25, -0.2) is 0 Å². The molecule has 0 amide bonds. The second-order valence-electron chi connectivity index (χ2n) is 5.68. The highest BCUT2D eigenvalue weighted by atomic mass is 15.2. The van der Waals surface area contributed by atoms with E-state index in [-0.39, 0.29) is 0 Å². The van der Waals surface area contributed by atoms with Crippen LogP contribution in [0.4, 0.5) is 11.4 Å². The fraction of sp³-hybridized carbons (Fsp3) is 0.316. The second kappa shape index (κ2) is 6.13. The van der Waals surface area contributed by atoms with Crippen molar-refractivity contribution < 1.29 is 4.58 Å². The van der Waals surface area contributed by atoms with Gasteiger partial charge in [0.2, 0.25) is 6.34 Å². The van der Waals surface area contributed by atoms with Gasteiger partial charge in [0.15, 0.2) is 0 Å². The van der Waals surface area contributed by atoms with E-state index in [1.807, 2.05) is 0 Å². The molecule has 0 atom stereocenters. The molecule has 0 fully saturated rings. The van der Waals surface area contributed by atoms with Gasteiger partial charge in [-0.2, -0.15) is 0 Å². The van der Waals surface area contributed by atoms with Crippen LogP contribution < -0.4 is 4.90 Å². The molecule has 2 aromatic carbocycles. The molecule has 0 N–H and O–H groups in total. The highest BCUT2D eigenvalue weighted by molar-refractivity contribution is 5.78. The Labute approximate surface area is 127 Å². The average molecular weight is 278 g/mol. The van der Waals surface area contributed by atoms with Crippen LogP contribution in [0.1, 0.15) is 24.0 Å². The summed E-state index contributed by atoms with van der Waals surface area (Å²) < 4.78 is 2.27. The monoisotopic (exact) mass is 278 g/mol. The Bertz CT molecular complexity index is 658. The van der Waals surface area contributed by atoms with Gasteiger partial charge in [0.25, 0.3) is 0 Å². The molecular formula is C19H22N2. The van der Waals surface area contributed by atoms with Crippen molar-refractivity contribution in [2.75, 3.05) is 18.0 Å². The van der Waals surface area contributed by atoms with Gasteiger partial charge in [0.1, 0.15) is 0 Å². The SMILES string of the molecule is Cc1ccccc1N1[C-]=[N+](c2ccccc2C)CCCC1. The minimum Gasteiger partial charge on any atom is -0.337 e. The topological polar surface area (TPSA) is 6.25 Å². The van der Waals surface area contributed by atoms with E-state index >= 15 is 0 Å². The summed E-state index contributed by atoms with van der Waals surface area (Å²) in [6.07, 6.45) is 5.99. The predicted molar refractivity (Wildman–Crippen MR) is 88.7 cm³/mol. The predicted octanol–water partition coefficient (Wildman–Crippen LogP) is 4.15. The van der Waals surface area contributed by atoms with Crippen molar-refractivity contribution >= 4 is 17.7 Å². The Morgan fingerprint density at radius 1 is 0.905 bits per heavy atom. The van der Waals surface area contributed by atoms with Crippen LogP contribution in [0.25, 0.3) is 0 Å². The van der Waals surface area contributed by atoms with E-state index in [4.69, 9.17) is 0 Å². The number of rotatable bonds is 2. The van der Waals surface area contributed by atoms with Crippen LogP contribution in [-0.4, -0.2) is 24.0 Å². The van der Waals surface area contributed by atoms with Crippen LogP contribution in [0.2, 0.25) is 0 Å². The van der Waals surface area contributed by atoms with Crippen molar-refractivity contribution in [2.24, 2.45) is 0 Å². The van der Waals surface area contributed by atoms with Crippen LogP contribution >= 0.6 is 0 Å². The Morgan fingerprint density at radius 2 is 1.62 bits per heavy atom. The lowest BCUT2D eigenvalue weighted by atomic mass is 10.2. The van der Waals surface area contributed by atoms with Gasteiger partial charge < -0.3 is 9.48 Å². The van der Waals surface area contributed by atoms with Crippen molar-refractivity contribution in [1.82, 2.24) is 0 Å². The zero-order valence-electron chi connectivity index (χ0n) is 12.8. The van der Waals surface area contributed by atoms with Gasteiger partial charge >= 0.3 is 0 Å². The van der Waals surface area contributed by atoms with E-state index in [0.717, 1.165) is 13.1 Å². The van der Waals surface area contributed by atoms with E-state index in [1.54, 1.807) is 0 Å². The van der Waals surface area contributed by atoms with Gasteiger partial charge in [-0.05, 0) is 26.7 Å². The molecule has 0 radical (unpaired) electrons. The minimum atomic E-state index is 1.03. The van der Waals surface area contributed by atoms with E-state index < -0.39 is 0 Å². The lowest BCUT2D eigenvalue weighted by Gasteiger charge is -2.22. The highest BCUT2D eigenvalue weighted by Gasteiger charge is 2.14. The summed E-state index contributed by atoms with van der Waals surface area (Å²) in [5.74, 6) is 0. The van der Waals surface area contributed by atoms with Crippen molar-refractivity contribution in [1.29, 1.82) is 0 Å². The van der Waals surface area contributed by atoms with Crippen molar-refractivity contribution in [3.8, 4) is 0 Å². The fourth-order valence-electron chi connectivity index (χ4n) is 2.87. The number of para-hydroxylation sites is 2. The molecule has 3 rings (SSSR count). The summed E-state index contributed by atoms with van der Waals surface area (Å²) in [5.41, 5.74) is 5.13. The van der Waals surface area contributed by atoms with Crippen LogP contribution in [0.5, 0.6) is 0 Å². The molecule has 1 heterocycles. The quantitative estimate of drug-likeness (QED) is 0.591. The molecule has 0 aliphatic carbocycles. The Kier molecular flexibility index (Phi) is 4.05. The first-order valence-corrected chi connectivity index (χ1v) is 7.68. The molecule has 0 saturated heterocycles. The maximum absolute atomic E-state index is 3.60. The Morgan fingerprint density at radius 3 is 2.38 bits per heavy atom. The molecule has 1 aliphatic heterocycles. The number of hydrogen-bond acceptors (Lipinski definition) is 1. The van der Waals surface area contributed by atoms with Crippen LogP contribution in [0.15, 0.2) is 48.5 Å². The van der Waals surface area contributed by atoms with E-state index in [0.29, 0.717) is 0 Å². The minimum absolute atomic E-state index is 1.03. The summed E-state index contributed by atoms with van der Waals surface area (Å²) in [6, 6.07) is 17.1. The number of anilines is 1. The van der Waals surface area contributed by atoms with Crippen LogP contribution in [0.3, 0.4) is 0 Å². The summed E-state index contributed by atoms with van der Waals surface area (Å²) in [6.45, 7) is 6.40. The largest absolute Gasteiger partial charge is 0.337 e. The molecule has 0 bridgehead atoms. The molecule has 0 saturated carbocycles. The molecule has 0 aromatic heterocycles. The first-order valence-electron chi connectivity index (χ1n) is 7.68. The number of hydrogen-bond donors (Lipinski definition) is 0. The lowest BCUT2D eigenvalue weighted by molar-refractivity contribution is -0.436. The second-order valence-corrected chi connectivity index (χ2v) is 5.68. The van der Waals surface area contributed by atoms with E-state index in [1.165, 1.54) is 35.3 Å². The number of benzene rings is 2. The molecule has 1 aliphatic rings. The molecule has 2 heteroatoms. The average Bonchev–Trinajstić information content (AvgIpc) is 2.74. The third-order valence-corrected chi connectivity index (χ3v) is 4.07. The van der Waals surface area contributed by atoms with Crippen molar-refractivity contribution in [2.45, 2.75) is 26.7 Å². The Balaban J connectivity index is 2.01. The lowest BCUT2D eigenvalue weighted by Crippen LogP contribution is -2.26. The van der Waals surface area contributed by atoms with Crippen molar-refractivity contribution in [3.05, 3.63) is 59.7 Å². The Hall–Kier alpha value is -2.09. The van der Waals surface area contributed by atoms with Gasteiger partial charge in [0, 0.05) is 11.4 Å². The van der Waals surface area contributed by atoms with E-state index in [2.05, 4.69) is 78.2 Å². The number of nitrogens with zero attached hydrogens (tertiary/aromatic N) is 2. The molecule has 2 nitrogen and oxygen atoms in total. The summed E-state index contributed by atoms with van der Waals surface area (Å²) in [5, 5.41) is 0. The third kappa shape index (κ3) is 2.99. The standard InChI is InChI=1S/C19H22N2/c1-16-9-3-5-11-18(16)20-13-7-8-14-21(15-20)19-12-6-4-10-17(19)2/h3-6,9-12H,7-8,13-14H2,1-2H3. The smallest absolute Gasteiger partial charge is 0.206 e. The van der Waals surface area contributed by atoms with E-state index in [9.17, 15) is 0 Å². The van der Waals surface area contributed by atoms with Gasteiger partial charge in [0.05, 0.1) is 13.1 Å². The zero-order valence-corrected chi connectivity index (χ0v) is 12.8. The third-order valence-electron chi connectivity index (χ3n) is 4.07. The zero-order chi connectivity index (χ0) is 14.7. The van der Waals surface area contributed by atoms with Gasteiger partial charge in [-0.15, -0.1) is 0 Å². The summed E-state index contributed by atoms with van der Waals surface area (Å²) in [7, 11) is 0. The van der Waals surface area contributed by atoms with Crippen molar-refractivity contribution in [3.63, 3.8) is 0 Å². The van der Waals surface area contributed by atoms with Gasteiger partial charge in [-0.3, -0.25) is 0 Å². The molecule has 21 heavy (non-hydrogen) atoms.